The number of nitrogens with zero attached hydrogens (tertiary/aromatic N) is 1. The van der Waals surface area contributed by atoms with E-state index in [1.165, 1.54) is 26.3 Å². The lowest BCUT2D eigenvalue weighted by Gasteiger charge is -2.24. The first-order chi connectivity index (χ1) is 15.1. The minimum atomic E-state index is -4.05. The molecule has 0 saturated heterocycles. The number of aliphatic hydroxyl groups excluding tert-OH is 2. The molecule has 1 heterocycles. The van der Waals surface area contributed by atoms with Gasteiger partial charge in [-0.25, -0.2) is 12.8 Å². The molecule has 1 unspecified atom stereocenters. The van der Waals surface area contributed by atoms with E-state index < -0.39 is 38.9 Å². The summed E-state index contributed by atoms with van der Waals surface area (Å²) in [7, 11) is -1.35. The van der Waals surface area contributed by atoms with Gasteiger partial charge in [0.25, 0.3) is 5.56 Å². The molecule has 1 aliphatic carbocycles. The summed E-state index contributed by atoms with van der Waals surface area (Å²) in [5.74, 6) is -0.596. The van der Waals surface area contributed by atoms with Gasteiger partial charge < -0.3 is 20.3 Å². The van der Waals surface area contributed by atoms with Crippen molar-refractivity contribution in [2.75, 3.05) is 23.8 Å². The highest BCUT2D eigenvalue weighted by molar-refractivity contribution is 7.94. The topological polar surface area (TPSA) is 130 Å². The van der Waals surface area contributed by atoms with Crippen molar-refractivity contribution >= 4 is 27.2 Å². The lowest BCUT2D eigenvalue weighted by atomic mass is 10.1. The molecule has 1 saturated carbocycles. The van der Waals surface area contributed by atoms with E-state index in [2.05, 4.69) is 10.0 Å². The Morgan fingerprint density at radius 2 is 2.00 bits per heavy atom. The third-order valence-electron chi connectivity index (χ3n) is 5.75. The van der Waals surface area contributed by atoms with Crippen molar-refractivity contribution in [1.29, 1.82) is 0 Å². The molecule has 1 fully saturated rings. The number of nitrogens with one attached hydrogen (secondary N) is 2. The maximum atomic E-state index is 14.6. The van der Waals surface area contributed by atoms with Crippen LogP contribution in [0.4, 0.5) is 21.6 Å². The Labute approximate surface area is 185 Å². The van der Waals surface area contributed by atoms with Gasteiger partial charge >= 0.3 is 0 Å². The number of sulfonamides is 1. The Hall–Kier alpha value is -2.63. The van der Waals surface area contributed by atoms with Gasteiger partial charge in [0.2, 0.25) is 10.0 Å². The van der Waals surface area contributed by atoms with Crippen molar-refractivity contribution in [2.24, 2.45) is 7.05 Å². The highest BCUT2D eigenvalue weighted by atomic mass is 32.2. The van der Waals surface area contributed by atoms with Gasteiger partial charge in [-0.05, 0) is 43.4 Å². The van der Waals surface area contributed by atoms with Crippen molar-refractivity contribution < 1.29 is 27.8 Å². The average molecular weight is 470 g/mol. The van der Waals surface area contributed by atoms with E-state index in [9.17, 15) is 22.7 Å². The number of aryl methyl sites for hydroxylation is 1. The second kappa shape index (κ2) is 9.08. The molecular formula is C21H28FN3O6S. The minimum Gasteiger partial charge on any atom is -0.494 e. The molecule has 0 amide bonds. The largest absolute Gasteiger partial charge is 0.494 e. The molecule has 1 aromatic carbocycles. The summed E-state index contributed by atoms with van der Waals surface area (Å²) in [5, 5.41) is 21.7. The standard InChI is InChI=1S/C21H28FN3O6S/c1-4-13-5-6-16(15(22)9-13)23-20-19(17(31-3)10-18(28)25(20)2)24-32(29,30)21(7-8-21)11-14(27)12-26/h5-6,9-10,14,23-24,26-27H,4,7-8,11-12H2,1-3H3. The monoisotopic (exact) mass is 469 g/mol. The van der Waals surface area contributed by atoms with Crippen LogP contribution in [0.1, 0.15) is 31.7 Å². The van der Waals surface area contributed by atoms with Gasteiger partial charge in [0.15, 0.2) is 5.75 Å². The molecule has 0 spiro atoms. The minimum absolute atomic E-state index is 0.000389. The zero-order chi connectivity index (χ0) is 23.7. The van der Waals surface area contributed by atoms with E-state index in [-0.39, 0.29) is 29.4 Å². The quantitative estimate of drug-likeness (QED) is 0.418. The number of anilines is 3. The van der Waals surface area contributed by atoms with Crippen LogP contribution < -0.4 is 20.3 Å². The predicted octanol–water partition coefficient (Wildman–Crippen LogP) is 1.86. The molecule has 0 bridgehead atoms. The van der Waals surface area contributed by atoms with Gasteiger partial charge in [0, 0.05) is 13.1 Å². The van der Waals surface area contributed by atoms with E-state index in [0.29, 0.717) is 19.3 Å². The summed E-state index contributed by atoms with van der Waals surface area (Å²) in [4.78, 5) is 12.4. The molecule has 3 rings (SSSR count). The molecule has 1 atom stereocenters. The van der Waals surface area contributed by atoms with Crippen LogP contribution in [0.25, 0.3) is 0 Å². The van der Waals surface area contributed by atoms with E-state index in [1.807, 2.05) is 6.92 Å². The molecule has 1 aromatic heterocycles. The number of hydrogen-bond donors (Lipinski definition) is 4. The highest BCUT2D eigenvalue weighted by Gasteiger charge is 2.55. The lowest BCUT2D eigenvalue weighted by molar-refractivity contribution is 0.0858. The highest BCUT2D eigenvalue weighted by Crippen LogP contribution is 2.49. The Kier molecular flexibility index (Phi) is 6.82. The molecule has 0 radical (unpaired) electrons. The molecule has 11 heteroatoms. The summed E-state index contributed by atoms with van der Waals surface area (Å²) < 4.78 is 48.7. The Bertz CT molecular complexity index is 1160. The number of methoxy groups -OCH3 is 1. The SMILES string of the molecule is CCc1ccc(Nc2c(NS(=O)(=O)C3(CC(O)CO)CC3)c(OC)cc(=O)n2C)c(F)c1. The fourth-order valence-electron chi connectivity index (χ4n) is 3.55. The Morgan fingerprint density at radius 1 is 1.31 bits per heavy atom. The number of hydrogen-bond acceptors (Lipinski definition) is 7. The van der Waals surface area contributed by atoms with Crippen molar-refractivity contribution in [3.63, 3.8) is 0 Å². The van der Waals surface area contributed by atoms with Crippen LogP contribution in [-0.4, -0.2) is 47.8 Å². The number of rotatable bonds is 10. The first-order valence-electron chi connectivity index (χ1n) is 10.2. The van der Waals surface area contributed by atoms with Crippen molar-refractivity contribution in [2.45, 2.75) is 43.5 Å². The zero-order valence-electron chi connectivity index (χ0n) is 18.2. The van der Waals surface area contributed by atoms with E-state index in [4.69, 9.17) is 9.84 Å². The van der Waals surface area contributed by atoms with Crippen LogP contribution in [0.2, 0.25) is 0 Å². The lowest BCUT2D eigenvalue weighted by Crippen LogP contribution is -2.35. The maximum absolute atomic E-state index is 14.6. The zero-order valence-corrected chi connectivity index (χ0v) is 19.0. The van der Waals surface area contributed by atoms with Gasteiger partial charge in [-0.15, -0.1) is 0 Å². The van der Waals surface area contributed by atoms with Crippen LogP contribution in [0.5, 0.6) is 5.75 Å². The number of ether oxygens (including phenoxy) is 1. The molecule has 0 aliphatic heterocycles. The van der Waals surface area contributed by atoms with Crippen molar-refractivity contribution in [3.8, 4) is 5.75 Å². The molecule has 2 aromatic rings. The fraction of sp³-hybridized carbons (Fsp3) is 0.476. The van der Waals surface area contributed by atoms with Crippen molar-refractivity contribution in [1.82, 2.24) is 4.57 Å². The summed E-state index contributed by atoms with van der Waals surface area (Å²) in [6, 6.07) is 5.72. The first kappa shape index (κ1) is 24.0. The molecule has 1 aliphatic rings. The molecule has 9 nitrogen and oxygen atoms in total. The fourth-order valence-corrected chi connectivity index (χ4v) is 5.28. The molecule has 32 heavy (non-hydrogen) atoms. The third-order valence-corrected chi connectivity index (χ3v) is 7.94. The normalized spacial score (nSPS) is 15.8. The van der Waals surface area contributed by atoms with Crippen LogP contribution in [0.15, 0.2) is 29.1 Å². The predicted molar refractivity (Wildman–Crippen MR) is 120 cm³/mol. The number of pyridine rings is 1. The summed E-state index contributed by atoms with van der Waals surface area (Å²) in [6.45, 7) is 1.34. The smallest absolute Gasteiger partial charge is 0.255 e. The maximum Gasteiger partial charge on any atom is 0.255 e. The average Bonchev–Trinajstić information content (AvgIpc) is 3.55. The summed E-state index contributed by atoms with van der Waals surface area (Å²) >= 11 is 0. The second-order valence-electron chi connectivity index (χ2n) is 7.96. The molecular weight excluding hydrogens is 441 g/mol. The van der Waals surface area contributed by atoms with E-state index in [1.54, 1.807) is 6.07 Å². The summed E-state index contributed by atoms with van der Waals surface area (Å²) in [5.41, 5.74) is 0.294. The Morgan fingerprint density at radius 3 is 2.53 bits per heavy atom. The summed E-state index contributed by atoms with van der Waals surface area (Å²) in [6.07, 6.45) is -0.0585. The molecule has 4 N–H and O–H groups in total. The first-order valence-corrected chi connectivity index (χ1v) is 11.7. The van der Waals surface area contributed by atoms with Crippen LogP contribution in [-0.2, 0) is 23.5 Å². The van der Waals surface area contributed by atoms with Gasteiger partial charge in [0.05, 0.1) is 30.3 Å². The van der Waals surface area contributed by atoms with Crippen LogP contribution >= 0.6 is 0 Å². The van der Waals surface area contributed by atoms with E-state index >= 15 is 0 Å². The molecule has 176 valence electrons. The van der Waals surface area contributed by atoms with Crippen LogP contribution in [0.3, 0.4) is 0 Å². The van der Waals surface area contributed by atoms with Gasteiger partial charge in [-0.1, -0.05) is 13.0 Å². The number of halogens is 1. The number of aromatic nitrogens is 1. The van der Waals surface area contributed by atoms with Crippen molar-refractivity contribution in [3.05, 3.63) is 46.0 Å². The third kappa shape index (κ3) is 4.59. The van der Waals surface area contributed by atoms with Gasteiger partial charge in [-0.2, -0.15) is 0 Å². The van der Waals surface area contributed by atoms with E-state index in [0.717, 1.165) is 16.2 Å². The number of aliphatic hydroxyl groups is 2. The Balaban J connectivity index is 2.06. The number of benzene rings is 1. The second-order valence-corrected chi connectivity index (χ2v) is 10.0. The van der Waals surface area contributed by atoms with Gasteiger partial charge in [-0.3, -0.25) is 14.1 Å². The van der Waals surface area contributed by atoms with Gasteiger partial charge in [0.1, 0.15) is 17.3 Å². The van der Waals surface area contributed by atoms with Crippen LogP contribution in [0, 0.1) is 5.82 Å².